The molecular weight excluding hydrogens is 258 g/mol. The van der Waals surface area contributed by atoms with Gasteiger partial charge in [0.25, 0.3) is 0 Å². The zero-order valence-electron chi connectivity index (χ0n) is 7.64. The van der Waals surface area contributed by atoms with Crippen LogP contribution in [0.1, 0.15) is 0 Å². The monoisotopic (exact) mass is 264 g/mol. The van der Waals surface area contributed by atoms with E-state index in [4.69, 9.17) is 5.14 Å². The summed E-state index contributed by atoms with van der Waals surface area (Å²) in [6.45, 7) is 0. The van der Waals surface area contributed by atoms with E-state index in [1.807, 2.05) is 0 Å². The van der Waals surface area contributed by atoms with Gasteiger partial charge in [0.15, 0.2) is 0 Å². The molecule has 0 radical (unpaired) electrons. The number of hydrogen-bond donors (Lipinski definition) is 1. The summed E-state index contributed by atoms with van der Waals surface area (Å²) >= 11 is 0. The summed E-state index contributed by atoms with van der Waals surface area (Å²) in [7, 11) is -8.61. The Hall–Kier alpha value is -1.36. The molecule has 1 rings (SSSR count). The Morgan fingerprint density at radius 3 is 1.94 bits per heavy atom. The lowest BCUT2D eigenvalue weighted by Crippen LogP contribution is -2.11. The fraction of sp³-hybridized carbons (Fsp3) is 0. The molecular formula is C6H6N3O5S2-. The second-order valence-corrected chi connectivity index (χ2v) is 5.23. The quantitative estimate of drug-likeness (QED) is 0.598. The Balaban J connectivity index is 3.02. The minimum Gasteiger partial charge on any atom is -0.728 e. The predicted octanol–water partition coefficient (Wildman–Crippen LogP) is -0.122. The lowest BCUT2D eigenvalue weighted by atomic mass is 10.3. The van der Waals surface area contributed by atoms with Gasteiger partial charge in [0, 0.05) is 0 Å². The van der Waals surface area contributed by atoms with Gasteiger partial charge in [-0.3, -0.25) is 0 Å². The number of benzene rings is 1. The summed E-state index contributed by atoms with van der Waals surface area (Å²) in [5.74, 6) is 0. The topological polar surface area (TPSA) is 142 Å². The SMILES string of the molecule is NS(=O)(=O)c1ccc(N=NS(=O)(=O)[O-])cc1. The van der Waals surface area contributed by atoms with E-state index >= 15 is 0 Å². The van der Waals surface area contributed by atoms with Crippen molar-refractivity contribution in [2.24, 2.45) is 14.8 Å². The molecule has 10 heteroatoms. The highest BCUT2D eigenvalue weighted by Gasteiger charge is 2.06. The first-order valence-electron chi connectivity index (χ1n) is 3.70. The van der Waals surface area contributed by atoms with Gasteiger partial charge in [-0.05, 0) is 24.3 Å². The maximum Gasteiger partial charge on any atom is 0.238 e. The molecule has 0 aliphatic heterocycles. The first kappa shape index (κ1) is 12.7. The molecule has 8 nitrogen and oxygen atoms in total. The smallest absolute Gasteiger partial charge is 0.238 e. The van der Waals surface area contributed by atoms with E-state index in [0.717, 1.165) is 24.3 Å². The first-order chi connectivity index (χ1) is 7.18. The molecule has 1 aromatic rings. The summed E-state index contributed by atoms with van der Waals surface area (Å²) in [5.41, 5.74) is 0.0202. The molecule has 16 heavy (non-hydrogen) atoms. The lowest BCUT2D eigenvalue weighted by Gasteiger charge is -1.98. The van der Waals surface area contributed by atoms with E-state index in [9.17, 15) is 21.4 Å². The van der Waals surface area contributed by atoms with Crippen LogP contribution >= 0.6 is 0 Å². The molecule has 0 aliphatic carbocycles. The third-order valence-electron chi connectivity index (χ3n) is 1.42. The Kier molecular flexibility index (Phi) is 3.38. The Morgan fingerprint density at radius 1 is 1.06 bits per heavy atom. The van der Waals surface area contributed by atoms with E-state index in [2.05, 4.69) is 9.63 Å². The summed E-state index contributed by atoms with van der Waals surface area (Å²) in [5, 5.41) is 7.91. The highest BCUT2D eigenvalue weighted by atomic mass is 32.2. The normalized spacial score (nSPS) is 13.1. The van der Waals surface area contributed by atoms with Crippen LogP contribution in [0.15, 0.2) is 38.8 Å². The van der Waals surface area contributed by atoms with Crippen LogP contribution in [-0.4, -0.2) is 21.4 Å². The fourth-order valence-corrected chi connectivity index (χ4v) is 1.51. The van der Waals surface area contributed by atoms with Gasteiger partial charge in [-0.25, -0.2) is 22.0 Å². The zero-order chi connectivity index (χ0) is 12.4. The number of nitrogens with two attached hydrogens (primary N) is 1. The average Bonchev–Trinajstić information content (AvgIpc) is 2.13. The minimum atomic E-state index is -4.80. The largest absolute Gasteiger partial charge is 0.728 e. The maximum absolute atomic E-state index is 10.8. The first-order valence-corrected chi connectivity index (χ1v) is 6.61. The van der Waals surface area contributed by atoms with E-state index in [1.54, 1.807) is 0 Å². The number of hydrogen-bond acceptors (Lipinski definition) is 6. The van der Waals surface area contributed by atoms with Gasteiger partial charge in [-0.2, -0.15) is 0 Å². The van der Waals surface area contributed by atoms with Gasteiger partial charge in [-0.15, -0.1) is 5.11 Å². The molecule has 2 N–H and O–H groups in total. The van der Waals surface area contributed by atoms with Crippen molar-refractivity contribution in [2.75, 3.05) is 0 Å². The van der Waals surface area contributed by atoms with Crippen molar-refractivity contribution in [3.8, 4) is 0 Å². The number of rotatable bonds is 3. The van der Waals surface area contributed by atoms with Gasteiger partial charge in [0.05, 0.1) is 10.6 Å². The number of primary sulfonamides is 1. The molecule has 0 saturated carbocycles. The highest BCUT2D eigenvalue weighted by molar-refractivity contribution is 7.89. The van der Waals surface area contributed by atoms with E-state index in [-0.39, 0.29) is 10.6 Å². The van der Waals surface area contributed by atoms with Crippen LogP contribution in [0.4, 0.5) is 5.69 Å². The summed E-state index contributed by atoms with van der Waals surface area (Å²) in [4.78, 5) is -0.156. The van der Waals surface area contributed by atoms with Crippen LogP contribution in [-0.2, 0) is 20.3 Å². The van der Waals surface area contributed by atoms with Gasteiger partial charge in [0.2, 0.25) is 20.3 Å². The van der Waals surface area contributed by atoms with Gasteiger partial charge < -0.3 is 4.55 Å². The third-order valence-corrected chi connectivity index (χ3v) is 2.63. The van der Waals surface area contributed by atoms with Crippen LogP contribution in [0.25, 0.3) is 0 Å². The molecule has 0 atom stereocenters. The summed E-state index contributed by atoms with van der Waals surface area (Å²) < 4.78 is 54.5. The second-order valence-electron chi connectivity index (χ2n) is 2.65. The predicted molar refractivity (Wildman–Crippen MR) is 52.0 cm³/mol. The maximum atomic E-state index is 10.8. The minimum absolute atomic E-state index is 0.0202. The van der Waals surface area contributed by atoms with Crippen LogP contribution in [0.2, 0.25) is 0 Å². The van der Waals surface area contributed by atoms with Crippen molar-refractivity contribution in [1.82, 2.24) is 0 Å². The molecule has 0 fully saturated rings. The van der Waals surface area contributed by atoms with Gasteiger partial charge >= 0.3 is 0 Å². The van der Waals surface area contributed by atoms with Crippen molar-refractivity contribution in [2.45, 2.75) is 4.90 Å². The van der Waals surface area contributed by atoms with Crippen molar-refractivity contribution in [3.63, 3.8) is 0 Å². The molecule has 0 spiro atoms. The van der Waals surface area contributed by atoms with Crippen molar-refractivity contribution in [3.05, 3.63) is 24.3 Å². The molecule has 0 amide bonds. The van der Waals surface area contributed by atoms with Crippen LogP contribution in [0.3, 0.4) is 0 Å². The Labute approximate surface area is 91.7 Å². The number of sulfonamides is 1. The van der Waals surface area contributed by atoms with Crippen LogP contribution < -0.4 is 5.14 Å². The molecule has 88 valence electrons. The standard InChI is InChI=1S/C6H7N3O5S2/c7-15(10,11)6-3-1-5(2-4-6)8-9-16(12,13)14/h1-4H,(H2,7,10,11)(H,12,13,14)/p-1. The van der Waals surface area contributed by atoms with E-state index in [1.165, 1.54) is 0 Å². The van der Waals surface area contributed by atoms with Crippen molar-refractivity contribution >= 4 is 26.0 Å². The highest BCUT2D eigenvalue weighted by Crippen LogP contribution is 2.16. The fourth-order valence-electron chi connectivity index (χ4n) is 0.800. The summed E-state index contributed by atoms with van der Waals surface area (Å²) in [6.07, 6.45) is 0. The molecule has 0 aliphatic rings. The average molecular weight is 264 g/mol. The Bertz CT molecular complexity index is 602. The molecule has 0 bridgehead atoms. The van der Waals surface area contributed by atoms with Crippen molar-refractivity contribution < 1.29 is 21.4 Å². The van der Waals surface area contributed by atoms with Gasteiger partial charge in [-0.1, -0.05) is 4.52 Å². The number of nitrogens with zero attached hydrogens (tertiary/aromatic N) is 2. The lowest BCUT2D eigenvalue weighted by molar-refractivity contribution is 0.462. The molecule has 0 saturated heterocycles. The molecule has 0 aromatic heterocycles. The van der Waals surface area contributed by atoms with E-state index in [0.29, 0.717) is 0 Å². The van der Waals surface area contributed by atoms with Gasteiger partial charge in [0.1, 0.15) is 0 Å². The molecule has 1 aromatic carbocycles. The third kappa shape index (κ3) is 4.02. The van der Waals surface area contributed by atoms with E-state index < -0.39 is 20.3 Å². The molecule has 0 unspecified atom stereocenters. The summed E-state index contributed by atoms with van der Waals surface area (Å²) in [6, 6.07) is 4.55. The van der Waals surface area contributed by atoms with Crippen LogP contribution in [0, 0.1) is 0 Å². The Morgan fingerprint density at radius 2 is 1.56 bits per heavy atom. The molecule has 0 heterocycles. The zero-order valence-corrected chi connectivity index (χ0v) is 9.27. The second kappa shape index (κ2) is 4.25. The van der Waals surface area contributed by atoms with Crippen LogP contribution in [0.5, 0.6) is 0 Å². The van der Waals surface area contributed by atoms with Crippen molar-refractivity contribution in [1.29, 1.82) is 0 Å².